The van der Waals surface area contributed by atoms with E-state index in [1.165, 1.54) is 24.3 Å². The monoisotopic (exact) mass is 378 g/mol. The Bertz CT molecular complexity index is 850. The Morgan fingerprint density at radius 2 is 1.69 bits per heavy atom. The summed E-state index contributed by atoms with van der Waals surface area (Å²) in [7, 11) is -3.72. The molecule has 1 aliphatic carbocycles. The van der Waals surface area contributed by atoms with Gasteiger partial charge in [0.1, 0.15) is 6.10 Å². The average molecular weight is 378 g/mol. The van der Waals surface area contributed by atoms with Gasteiger partial charge in [0.2, 0.25) is 10.0 Å². The molecule has 0 aliphatic heterocycles. The van der Waals surface area contributed by atoms with Gasteiger partial charge in [-0.05, 0) is 43.9 Å². The number of non-ortho nitro benzene ring substituents is 1. The van der Waals surface area contributed by atoms with Crippen LogP contribution in [0.25, 0.3) is 0 Å². The average Bonchev–Trinajstić information content (AvgIpc) is 2.64. The zero-order valence-electron chi connectivity index (χ0n) is 13.8. The van der Waals surface area contributed by atoms with Gasteiger partial charge in [0.15, 0.2) is 0 Å². The van der Waals surface area contributed by atoms with Gasteiger partial charge in [-0.2, -0.15) is 0 Å². The number of nitro benzene ring substituents is 1. The first kappa shape index (κ1) is 18.2. The molecule has 1 heterocycles. The third-order valence-corrected chi connectivity index (χ3v) is 5.70. The second kappa shape index (κ2) is 7.75. The molecule has 1 saturated carbocycles. The predicted octanol–water partition coefficient (Wildman–Crippen LogP) is 2.05. The molecule has 0 bridgehead atoms. The normalized spacial score (nSPS) is 20.5. The first-order valence-electron chi connectivity index (χ1n) is 8.14. The van der Waals surface area contributed by atoms with E-state index in [4.69, 9.17) is 4.74 Å². The van der Waals surface area contributed by atoms with Crippen molar-refractivity contribution in [3.05, 3.63) is 52.8 Å². The highest BCUT2D eigenvalue weighted by atomic mass is 32.2. The highest BCUT2D eigenvalue weighted by Crippen LogP contribution is 2.24. The zero-order chi connectivity index (χ0) is 18.6. The van der Waals surface area contributed by atoms with E-state index in [1.807, 2.05) is 0 Å². The van der Waals surface area contributed by atoms with Gasteiger partial charge in [-0.1, -0.05) is 0 Å². The maximum atomic E-state index is 12.4. The number of nitrogens with one attached hydrogen (secondary N) is 1. The minimum Gasteiger partial charge on any atom is -0.460 e. The summed E-state index contributed by atoms with van der Waals surface area (Å²) >= 11 is 0. The maximum Gasteiger partial charge on any atom is 0.316 e. The van der Waals surface area contributed by atoms with Crippen LogP contribution in [0.5, 0.6) is 6.01 Å². The summed E-state index contributed by atoms with van der Waals surface area (Å²) in [6.07, 6.45) is 5.79. The van der Waals surface area contributed by atoms with Crippen LogP contribution in [0.2, 0.25) is 0 Å². The molecular formula is C16H18N4O5S. The van der Waals surface area contributed by atoms with E-state index in [0.29, 0.717) is 31.7 Å². The Morgan fingerprint density at radius 1 is 1.08 bits per heavy atom. The van der Waals surface area contributed by atoms with E-state index >= 15 is 0 Å². The molecule has 0 unspecified atom stereocenters. The van der Waals surface area contributed by atoms with Crippen molar-refractivity contribution in [1.82, 2.24) is 14.7 Å². The smallest absolute Gasteiger partial charge is 0.316 e. The Hall–Kier alpha value is -2.59. The number of rotatable bonds is 6. The van der Waals surface area contributed by atoms with E-state index < -0.39 is 14.9 Å². The van der Waals surface area contributed by atoms with Crippen molar-refractivity contribution in [2.45, 2.75) is 42.7 Å². The highest BCUT2D eigenvalue weighted by molar-refractivity contribution is 7.89. The lowest BCUT2D eigenvalue weighted by molar-refractivity contribution is -0.384. The number of benzene rings is 1. The Morgan fingerprint density at radius 3 is 2.27 bits per heavy atom. The molecule has 3 rings (SSSR count). The lowest BCUT2D eigenvalue weighted by Crippen LogP contribution is -2.39. The van der Waals surface area contributed by atoms with E-state index in [9.17, 15) is 18.5 Å². The summed E-state index contributed by atoms with van der Waals surface area (Å²) in [5, 5.41) is 10.7. The van der Waals surface area contributed by atoms with Gasteiger partial charge in [0.25, 0.3) is 5.69 Å². The van der Waals surface area contributed by atoms with Crippen molar-refractivity contribution in [2.24, 2.45) is 0 Å². The summed E-state index contributed by atoms with van der Waals surface area (Å²) in [4.78, 5) is 18.1. The van der Waals surface area contributed by atoms with Gasteiger partial charge in [0.05, 0.1) is 9.82 Å². The van der Waals surface area contributed by atoms with Crippen molar-refractivity contribution in [1.29, 1.82) is 0 Å². The number of ether oxygens (including phenoxy) is 1. The van der Waals surface area contributed by atoms with E-state index in [0.717, 1.165) is 0 Å². The topological polar surface area (TPSA) is 124 Å². The van der Waals surface area contributed by atoms with Gasteiger partial charge in [-0.15, -0.1) is 0 Å². The molecule has 1 fully saturated rings. The van der Waals surface area contributed by atoms with Gasteiger partial charge >= 0.3 is 6.01 Å². The summed E-state index contributed by atoms with van der Waals surface area (Å²) in [6, 6.07) is 6.66. The Balaban J connectivity index is 1.55. The second-order valence-electron chi connectivity index (χ2n) is 6.00. The molecule has 138 valence electrons. The van der Waals surface area contributed by atoms with Crippen molar-refractivity contribution in [2.75, 3.05) is 0 Å². The van der Waals surface area contributed by atoms with Gasteiger partial charge in [-0.25, -0.2) is 23.1 Å². The molecule has 9 nitrogen and oxygen atoms in total. The molecule has 0 saturated heterocycles. The summed E-state index contributed by atoms with van der Waals surface area (Å²) < 4.78 is 33.2. The molecule has 2 aromatic rings. The van der Waals surface area contributed by atoms with Crippen LogP contribution in [0.4, 0.5) is 5.69 Å². The van der Waals surface area contributed by atoms with Crippen molar-refractivity contribution in [3.63, 3.8) is 0 Å². The predicted molar refractivity (Wildman–Crippen MR) is 92.1 cm³/mol. The van der Waals surface area contributed by atoms with Crippen LogP contribution >= 0.6 is 0 Å². The minimum atomic E-state index is -3.72. The molecule has 1 aliphatic rings. The first-order valence-corrected chi connectivity index (χ1v) is 9.63. The fraction of sp³-hybridized carbons (Fsp3) is 0.375. The third kappa shape index (κ3) is 4.52. The maximum absolute atomic E-state index is 12.4. The molecule has 0 spiro atoms. The largest absolute Gasteiger partial charge is 0.460 e. The van der Waals surface area contributed by atoms with Crippen molar-refractivity contribution < 1.29 is 18.1 Å². The number of hydrogen-bond acceptors (Lipinski definition) is 7. The van der Waals surface area contributed by atoms with Crippen LogP contribution in [-0.2, 0) is 10.0 Å². The van der Waals surface area contributed by atoms with Gasteiger partial charge in [-0.3, -0.25) is 10.1 Å². The molecule has 1 aromatic heterocycles. The van der Waals surface area contributed by atoms with Crippen LogP contribution in [0.15, 0.2) is 47.6 Å². The molecule has 0 amide bonds. The molecule has 0 radical (unpaired) electrons. The highest BCUT2D eigenvalue weighted by Gasteiger charge is 2.27. The quantitative estimate of drug-likeness (QED) is 0.602. The Kier molecular flexibility index (Phi) is 5.43. The molecule has 0 atom stereocenters. The van der Waals surface area contributed by atoms with Gasteiger partial charge < -0.3 is 4.74 Å². The third-order valence-electron chi connectivity index (χ3n) is 4.17. The SMILES string of the molecule is O=[N+]([O-])c1ccc(S(=O)(=O)NC2CCC(Oc3ncccn3)CC2)cc1. The van der Waals surface area contributed by atoms with E-state index in [2.05, 4.69) is 14.7 Å². The number of nitro groups is 1. The number of aromatic nitrogens is 2. The molecule has 1 N–H and O–H groups in total. The van der Waals surface area contributed by atoms with Crippen LogP contribution in [-0.4, -0.2) is 35.5 Å². The zero-order valence-corrected chi connectivity index (χ0v) is 14.6. The van der Waals surface area contributed by atoms with Crippen LogP contribution in [0, 0.1) is 10.1 Å². The van der Waals surface area contributed by atoms with E-state index in [1.54, 1.807) is 18.5 Å². The lowest BCUT2D eigenvalue weighted by Gasteiger charge is -2.28. The lowest BCUT2D eigenvalue weighted by atomic mass is 9.94. The van der Waals surface area contributed by atoms with E-state index in [-0.39, 0.29) is 22.7 Å². The van der Waals surface area contributed by atoms with Crippen LogP contribution in [0.1, 0.15) is 25.7 Å². The van der Waals surface area contributed by atoms with Gasteiger partial charge in [0, 0.05) is 30.6 Å². The van der Waals surface area contributed by atoms with Crippen LogP contribution in [0.3, 0.4) is 0 Å². The minimum absolute atomic E-state index is 0.0131. The number of nitrogens with zero attached hydrogens (tertiary/aromatic N) is 3. The Labute approximate surface area is 150 Å². The molecule has 10 heteroatoms. The summed E-state index contributed by atoms with van der Waals surface area (Å²) in [5.41, 5.74) is -0.148. The summed E-state index contributed by atoms with van der Waals surface area (Å²) in [5.74, 6) is 0. The number of sulfonamides is 1. The molecule has 1 aromatic carbocycles. The summed E-state index contributed by atoms with van der Waals surface area (Å²) in [6.45, 7) is 0. The fourth-order valence-corrected chi connectivity index (χ4v) is 4.13. The fourth-order valence-electron chi connectivity index (χ4n) is 2.83. The van der Waals surface area contributed by atoms with Crippen molar-refractivity contribution in [3.8, 4) is 6.01 Å². The molecule has 26 heavy (non-hydrogen) atoms. The number of hydrogen-bond donors (Lipinski definition) is 1. The standard InChI is InChI=1S/C16H18N4O5S/c21-20(22)13-4-8-15(9-5-13)26(23,24)19-12-2-6-14(7-3-12)25-16-17-10-1-11-18-16/h1,4-5,8-12,14,19H,2-3,6-7H2. The van der Waals surface area contributed by atoms with Crippen molar-refractivity contribution >= 4 is 15.7 Å². The second-order valence-corrected chi connectivity index (χ2v) is 7.71. The van der Waals surface area contributed by atoms with Crippen LogP contribution < -0.4 is 9.46 Å². The molecular weight excluding hydrogens is 360 g/mol. The first-order chi connectivity index (χ1) is 12.4.